The van der Waals surface area contributed by atoms with Crippen LogP contribution in [0.2, 0.25) is 0 Å². The molecular weight excluding hydrogens is 218 g/mol. The molecule has 0 atom stereocenters. The summed E-state index contributed by atoms with van der Waals surface area (Å²) in [4.78, 5) is 15.9. The fourth-order valence-electron chi connectivity index (χ4n) is 0.577. The van der Waals surface area contributed by atoms with Gasteiger partial charge in [0.1, 0.15) is 0 Å². The van der Waals surface area contributed by atoms with E-state index in [-0.39, 0.29) is 3.71 Å². The summed E-state index contributed by atoms with van der Waals surface area (Å²) in [5.74, 6) is 0. The van der Waals surface area contributed by atoms with Crippen LogP contribution in [0, 0.1) is 0 Å². The molecule has 2 N–H and O–H groups in total. The fraction of sp³-hybridized carbons (Fsp3) is 0. The van der Waals surface area contributed by atoms with E-state index in [1.165, 1.54) is 12.4 Å². The summed E-state index contributed by atoms with van der Waals surface area (Å²) in [5, 5.41) is 7.88. The van der Waals surface area contributed by atoms with E-state index in [9.17, 15) is 13.2 Å². The lowest BCUT2D eigenvalue weighted by atomic mass is 11.0. The van der Waals surface area contributed by atoms with Gasteiger partial charge in [-0.15, -0.1) is 3.71 Å². The van der Waals surface area contributed by atoms with Gasteiger partial charge in [-0.2, -0.15) is 8.42 Å². The molecule has 1 heterocycles. The van der Waals surface area contributed by atoms with Crippen LogP contribution in [0.4, 0.5) is 4.79 Å². The van der Waals surface area contributed by atoms with Crippen molar-refractivity contribution in [2.24, 2.45) is 0 Å². The van der Waals surface area contributed by atoms with Gasteiger partial charge in [-0.1, -0.05) is 0 Å². The van der Waals surface area contributed by atoms with E-state index in [4.69, 9.17) is 5.11 Å². The van der Waals surface area contributed by atoms with Crippen LogP contribution < -0.4 is 0 Å². The molecule has 1 aromatic rings. The van der Waals surface area contributed by atoms with E-state index in [0.717, 1.165) is 0 Å². The van der Waals surface area contributed by atoms with Gasteiger partial charge in [0.2, 0.25) is 5.16 Å². The van der Waals surface area contributed by atoms with E-state index < -0.39 is 21.3 Å². The zero-order valence-corrected chi connectivity index (χ0v) is 7.79. The topological polar surface area (TPSA) is 103 Å². The van der Waals surface area contributed by atoms with Crippen LogP contribution in [0.1, 0.15) is 0 Å². The Morgan fingerprint density at radius 2 is 2.31 bits per heavy atom. The Balaban J connectivity index is 3.11. The minimum Gasteiger partial charge on any atom is -0.464 e. The lowest BCUT2D eigenvalue weighted by molar-refractivity contribution is 0.189. The van der Waals surface area contributed by atoms with Gasteiger partial charge in [-0.3, -0.25) is 0 Å². The molecule has 0 aliphatic carbocycles. The molecule has 0 aromatic carbocycles. The minimum atomic E-state index is -4.16. The number of aromatic amines is 1. The van der Waals surface area contributed by atoms with Crippen molar-refractivity contribution in [3.8, 4) is 0 Å². The number of hydrogen-bond donors (Lipinski definition) is 3. The van der Waals surface area contributed by atoms with Crippen molar-refractivity contribution in [2.45, 2.75) is 5.16 Å². The van der Waals surface area contributed by atoms with Crippen molar-refractivity contribution in [3.05, 3.63) is 12.4 Å². The number of imidazole rings is 1. The smallest absolute Gasteiger partial charge is 0.431 e. The molecule has 0 saturated carbocycles. The summed E-state index contributed by atoms with van der Waals surface area (Å²) >= 11 is 3.28. The van der Waals surface area contributed by atoms with Crippen LogP contribution in [-0.4, -0.2) is 33.3 Å². The van der Waals surface area contributed by atoms with E-state index in [1.807, 2.05) is 0 Å². The SMILES string of the molecule is O=C(O)N(S)S(=O)(=O)c1ncc[nH]1. The number of carbonyl (C=O) groups is 1. The van der Waals surface area contributed by atoms with Crippen molar-refractivity contribution >= 4 is 28.9 Å². The average Bonchev–Trinajstić information content (AvgIpc) is 2.54. The summed E-state index contributed by atoms with van der Waals surface area (Å²) < 4.78 is 22.3. The van der Waals surface area contributed by atoms with Crippen molar-refractivity contribution in [3.63, 3.8) is 0 Å². The lowest BCUT2D eigenvalue weighted by Gasteiger charge is -2.08. The second kappa shape index (κ2) is 3.26. The van der Waals surface area contributed by atoms with Gasteiger partial charge in [0.05, 0.1) is 0 Å². The highest BCUT2D eigenvalue weighted by atomic mass is 32.3. The van der Waals surface area contributed by atoms with Crippen molar-refractivity contribution in [1.29, 1.82) is 0 Å². The molecule has 72 valence electrons. The fourth-order valence-corrected chi connectivity index (χ4v) is 1.59. The van der Waals surface area contributed by atoms with Crippen LogP contribution in [0.3, 0.4) is 0 Å². The molecule has 0 bridgehead atoms. The van der Waals surface area contributed by atoms with Crippen molar-refractivity contribution < 1.29 is 18.3 Å². The van der Waals surface area contributed by atoms with Crippen LogP contribution in [0.5, 0.6) is 0 Å². The Bertz CT molecular complexity index is 397. The first-order valence-electron chi connectivity index (χ1n) is 2.93. The first-order valence-corrected chi connectivity index (χ1v) is 4.77. The second-order valence-electron chi connectivity index (χ2n) is 1.92. The maximum Gasteiger partial charge on any atom is 0.431 e. The highest BCUT2D eigenvalue weighted by Crippen LogP contribution is 2.12. The molecule has 0 spiro atoms. The largest absolute Gasteiger partial charge is 0.464 e. The molecule has 0 aliphatic rings. The molecule has 0 radical (unpaired) electrons. The Hall–Kier alpha value is -1.22. The Labute approximate surface area is 79.0 Å². The number of amides is 1. The first kappa shape index (κ1) is 9.86. The number of H-pyrrole nitrogens is 1. The number of rotatable bonds is 2. The maximum atomic E-state index is 11.2. The summed E-state index contributed by atoms with van der Waals surface area (Å²) in [5.41, 5.74) is 0. The number of aromatic nitrogens is 2. The van der Waals surface area contributed by atoms with Crippen LogP contribution in [0.25, 0.3) is 0 Å². The maximum absolute atomic E-state index is 11.2. The predicted octanol–water partition coefficient (Wildman–Crippen LogP) is -0.0768. The van der Waals surface area contributed by atoms with Gasteiger partial charge in [-0.25, -0.2) is 9.78 Å². The summed E-state index contributed by atoms with van der Waals surface area (Å²) in [6.07, 6.45) is 0.756. The summed E-state index contributed by atoms with van der Waals surface area (Å²) in [6.45, 7) is 0. The van der Waals surface area contributed by atoms with Gasteiger partial charge >= 0.3 is 16.1 Å². The second-order valence-corrected chi connectivity index (χ2v) is 4.30. The van der Waals surface area contributed by atoms with Gasteiger partial charge in [0.25, 0.3) is 0 Å². The molecule has 7 nitrogen and oxygen atoms in total. The highest BCUT2D eigenvalue weighted by Gasteiger charge is 2.28. The lowest BCUT2D eigenvalue weighted by Crippen LogP contribution is -2.27. The number of hydrogen-bond acceptors (Lipinski definition) is 5. The van der Waals surface area contributed by atoms with E-state index >= 15 is 0 Å². The molecule has 9 heteroatoms. The van der Waals surface area contributed by atoms with Crippen LogP contribution in [0.15, 0.2) is 17.6 Å². The van der Waals surface area contributed by atoms with E-state index in [1.54, 1.807) is 0 Å². The summed E-state index contributed by atoms with van der Waals surface area (Å²) in [6, 6.07) is 0. The molecule has 1 rings (SSSR count). The number of nitrogens with zero attached hydrogens (tertiary/aromatic N) is 2. The minimum absolute atomic E-state index is 0.119. The third kappa shape index (κ3) is 1.75. The van der Waals surface area contributed by atoms with E-state index in [2.05, 4.69) is 22.8 Å². The molecule has 1 amide bonds. The van der Waals surface area contributed by atoms with Crippen LogP contribution >= 0.6 is 12.8 Å². The number of sulfonamides is 1. The quantitative estimate of drug-likeness (QED) is 0.608. The average molecular weight is 223 g/mol. The molecule has 0 saturated heterocycles. The molecule has 1 aromatic heterocycles. The molecule has 13 heavy (non-hydrogen) atoms. The standard InChI is InChI=1S/C4H5N3O4S2/c8-4(9)7(12)13(10,11)3-5-1-2-6-3/h1-2,12H,(H,5,6)(H,8,9). The monoisotopic (exact) mass is 223 g/mol. The molecule has 0 unspecified atom stereocenters. The Morgan fingerprint density at radius 1 is 1.69 bits per heavy atom. The third-order valence-electron chi connectivity index (χ3n) is 1.11. The number of thiol groups is 1. The normalized spacial score (nSPS) is 11.2. The summed E-state index contributed by atoms with van der Waals surface area (Å²) in [7, 11) is -4.16. The number of nitrogens with one attached hydrogen (secondary N) is 1. The first-order chi connectivity index (χ1) is 5.96. The number of carboxylic acid groups (broad SMARTS) is 1. The molecular formula is C4H5N3O4S2. The van der Waals surface area contributed by atoms with Gasteiger partial charge in [0.15, 0.2) is 0 Å². The third-order valence-corrected chi connectivity index (χ3v) is 3.25. The Morgan fingerprint density at radius 3 is 2.69 bits per heavy atom. The zero-order valence-electron chi connectivity index (χ0n) is 6.08. The van der Waals surface area contributed by atoms with Crippen LogP contribution in [-0.2, 0) is 10.0 Å². The predicted molar refractivity (Wildman–Crippen MR) is 44.6 cm³/mol. The van der Waals surface area contributed by atoms with Crippen molar-refractivity contribution in [2.75, 3.05) is 0 Å². The van der Waals surface area contributed by atoms with Gasteiger partial charge in [0, 0.05) is 12.4 Å². The van der Waals surface area contributed by atoms with Gasteiger partial charge in [-0.05, 0) is 12.8 Å². The molecule has 0 fully saturated rings. The molecule has 0 aliphatic heterocycles. The highest BCUT2D eigenvalue weighted by molar-refractivity contribution is 8.00. The van der Waals surface area contributed by atoms with Crippen molar-refractivity contribution in [1.82, 2.24) is 13.7 Å². The van der Waals surface area contributed by atoms with E-state index in [0.29, 0.717) is 0 Å². The van der Waals surface area contributed by atoms with Gasteiger partial charge < -0.3 is 10.1 Å². The Kier molecular flexibility index (Phi) is 2.48. The zero-order chi connectivity index (χ0) is 10.1.